The Morgan fingerprint density at radius 1 is 1.35 bits per heavy atom. The first-order valence-electron chi connectivity index (χ1n) is 6.17. The summed E-state index contributed by atoms with van der Waals surface area (Å²) in [5.41, 5.74) is 1.07. The lowest BCUT2D eigenvalue weighted by atomic mass is 10.1. The van der Waals surface area contributed by atoms with E-state index < -0.39 is 22.8 Å². The lowest BCUT2D eigenvalue weighted by Crippen LogP contribution is -2.32. The van der Waals surface area contributed by atoms with E-state index in [4.69, 9.17) is 5.11 Å². The van der Waals surface area contributed by atoms with E-state index in [1.807, 2.05) is 6.92 Å². The molecular formula is C13H18N2O4S. The van der Waals surface area contributed by atoms with E-state index in [-0.39, 0.29) is 17.8 Å². The summed E-state index contributed by atoms with van der Waals surface area (Å²) in [6.07, 6.45) is 0. The third-order valence-electron chi connectivity index (χ3n) is 2.59. The van der Waals surface area contributed by atoms with Crippen molar-refractivity contribution < 1.29 is 18.9 Å². The van der Waals surface area contributed by atoms with Gasteiger partial charge in [0.2, 0.25) is 0 Å². The van der Waals surface area contributed by atoms with Crippen LogP contribution in [0.2, 0.25) is 0 Å². The number of benzene rings is 1. The molecule has 0 aliphatic rings. The van der Waals surface area contributed by atoms with Crippen molar-refractivity contribution in [1.29, 1.82) is 0 Å². The Bertz CT molecular complexity index is 531. The van der Waals surface area contributed by atoms with E-state index >= 15 is 0 Å². The Morgan fingerprint density at radius 3 is 2.65 bits per heavy atom. The number of nitrogens with one attached hydrogen (secondary N) is 2. The highest BCUT2D eigenvalue weighted by atomic mass is 32.2. The Kier molecular flexibility index (Phi) is 6.17. The molecule has 0 bridgehead atoms. The molecule has 0 spiro atoms. The highest BCUT2D eigenvalue weighted by molar-refractivity contribution is 7.84. The molecule has 0 aliphatic heterocycles. The average Bonchev–Trinajstić information content (AvgIpc) is 2.40. The van der Waals surface area contributed by atoms with Crippen molar-refractivity contribution in [1.82, 2.24) is 5.32 Å². The SMILES string of the molecule is CCS(=O)CCNC(=O)Nc1ccc(C)cc1C(=O)O. The van der Waals surface area contributed by atoms with Gasteiger partial charge in [0.1, 0.15) is 0 Å². The molecule has 7 heteroatoms. The molecule has 0 saturated heterocycles. The third kappa shape index (κ3) is 5.00. The van der Waals surface area contributed by atoms with Gasteiger partial charge >= 0.3 is 12.0 Å². The van der Waals surface area contributed by atoms with Gasteiger partial charge in [-0.1, -0.05) is 18.6 Å². The van der Waals surface area contributed by atoms with Crippen LogP contribution in [0.4, 0.5) is 10.5 Å². The number of hydrogen-bond donors (Lipinski definition) is 3. The molecular weight excluding hydrogens is 280 g/mol. The molecule has 1 atom stereocenters. The van der Waals surface area contributed by atoms with Gasteiger partial charge in [0, 0.05) is 28.9 Å². The summed E-state index contributed by atoms with van der Waals surface area (Å²) < 4.78 is 11.2. The van der Waals surface area contributed by atoms with Crippen LogP contribution in [0.3, 0.4) is 0 Å². The van der Waals surface area contributed by atoms with Crippen molar-refractivity contribution in [2.24, 2.45) is 0 Å². The molecule has 3 N–H and O–H groups in total. The maximum Gasteiger partial charge on any atom is 0.337 e. The number of rotatable bonds is 6. The average molecular weight is 298 g/mol. The van der Waals surface area contributed by atoms with Crippen LogP contribution >= 0.6 is 0 Å². The van der Waals surface area contributed by atoms with Crippen LogP contribution in [0.15, 0.2) is 18.2 Å². The summed E-state index contributed by atoms with van der Waals surface area (Å²) in [6, 6.07) is 4.24. The van der Waals surface area contributed by atoms with Crippen molar-refractivity contribution in [3.8, 4) is 0 Å². The molecule has 0 aromatic heterocycles. The minimum atomic E-state index is -1.10. The van der Waals surface area contributed by atoms with E-state index in [0.717, 1.165) is 5.56 Å². The summed E-state index contributed by atoms with van der Waals surface area (Å²) in [7, 11) is -0.941. The number of hydrogen-bond acceptors (Lipinski definition) is 3. The number of urea groups is 1. The lowest BCUT2D eigenvalue weighted by Gasteiger charge is -2.10. The Labute approximate surface area is 120 Å². The highest BCUT2D eigenvalue weighted by Gasteiger charge is 2.12. The molecule has 0 saturated carbocycles. The van der Waals surface area contributed by atoms with Crippen LogP contribution in [0.25, 0.3) is 0 Å². The van der Waals surface area contributed by atoms with Crippen LogP contribution in [-0.4, -0.2) is 39.4 Å². The van der Waals surface area contributed by atoms with Crippen LogP contribution in [0.1, 0.15) is 22.8 Å². The summed E-state index contributed by atoms with van der Waals surface area (Å²) in [6.45, 7) is 3.86. The number of amides is 2. The second-order valence-corrected chi connectivity index (χ2v) is 6.03. The minimum absolute atomic E-state index is 0.0392. The fraction of sp³-hybridized carbons (Fsp3) is 0.385. The van der Waals surface area contributed by atoms with Crippen molar-refractivity contribution in [2.75, 3.05) is 23.4 Å². The molecule has 1 unspecified atom stereocenters. The van der Waals surface area contributed by atoms with Gasteiger partial charge in [-0.3, -0.25) is 4.21 Å². The zero-order valence-corrected chi connectivity index (χ0v) is 12.3. The predicted octanol–water partition coefficient (Wildman–Crippen LogP) is 1.58. The van der Waals surface area contributed by atoms with E-state index in [2.05, 4.69) is 10.6 Å². The summed E-state index contributed by atoms with van der Waals surface area (Å²) in [5.74, 6) is -0.176. The molecule has 0 heterocycles. The molecule has 1 aromatic carbocycles. The fourth-order valence-electron chi connectivity index (χ4n) is 1.53. The molecule has 0 fully saturated rings. The van der Waals surface area contributed by atoms with Gasteiger partial charge in [0.25, 0.3) is 0 Å². The quantitative estimate of drug-likeness (QED) is 0.743. The molecule has 1 aromatic rings. The first kappa shape index (κ1) is 16.2. The zero-order chi connectivity index (χ0) is 15.1. The largest absolute Gasteiger partial charge is 0.478 e. The Hall–Kier alpha value is -1.89. The van der Waals surface area contributed by atoms with Crippen molar-refractivity contribution in [2.45, 2.75) is 13.8 Å². The van der Waals surface area contributed by atoms with Crippen molar-refractivity contribution in [3.63, 3.8) is 0 Å². The standard InChI is InChI=1S/C13H18N2O4S/c1-3-20(19)7-6-14-13(18)15-11-5-4-9(2)8-10(11)12(16)17/h4-5,8H,3,6-7H2,1-2H3,(H,16,17)(H2,14,15,18). The van der Waals surface area contributed by atoms with Gasteiger partial charge in [-0.05, 0) is 19.1 Å². The first-order valence-corrected chi connectivity index (χ1v) is 7.66. The Balaban J connectivity index is 2.62. The lowest BCUT2D eigenvalue weighted by molar-refractivity contribution is 0.0698. The van der Waals surface area contributed by atoms with Gasteiger partial charge in [-0.15, -0.1) is 0 Å². The topological polar surface area (TPSA) is 95.5 Å². The van der Waals surface area contributed by atoms with Crippen LogP contribution in [0.5, 0.6) is 0 Å². The van der Waals surface area contributed by atoms with E-state index in [1.54, 1.807) is 19.1 Å². The summed E-state index contributed by atoms with van der Waals surface area (Å²) in [5, 5.41) is 14.1. The first-order chi connectivity index (χ1) is 9.43. The number of aromatic carboxylic acids is 1. The maximum atomic E-state index is 11.6. The third-order valence-corrected chi connectivity index (χ3v) is 3.89. The second-order valence-electron chi connectivity index (χ2n) is 4.17. The Morgan fingerprint density at radius 2 is 2.05 bits per heavy atom. The maximum absolute atomic E-state index is 11.6. The monoisotopic (exact) mass is 298 g/mol. The van der Waals surface area contributed by atoms with Gasteiger partial charge in [0.05, 0.1) is 11.3 Å². The highest BCUT2D eigenvalue weighted by Crippen LogP contribution is 2.17. The molecule has 1 rings (SSSR count). The molecule has 0 aliphatic carbocycles. The van der Waals surface area contributed by atoms with E-state index in [9.17, 15) is 13.8 Å². The molecule has 0 radical (unpaired) electrons. The molecule has 110 valence electrons. The van der Waals surface area contributed by atoms with E-state index in [0.29, 0.717) is 11.5 Å². The number of carbonyl (C=O) groups excluding carboxylic acids is 1. The molecule has 20 heavy (non-hydrogen) atoms. The predicted molar refractivity (Wildman–Crippen MR) is 78.7 cm³/mol. The zero-order valence-electron chi connectivity index (χ0n) is 11.4. The molecule has 2 amide bonds. The van der Waals surface area contributed by atoms with Crippen LogP contribution in [-0.2, 0) is 10.8 Å². The van der Waals surface area contributed by atoms with Crippen molar-refractivity contribution >= 4 is 28.5 Å². The number of anilines is 1. The molecule has 6 nitrogen and oxygen atoms in total. The summed E-state index contributed by atoms with van der Waals surface area (Å²) in [4.78, 5) is 22.7. The second kappa shape index (κ2) is 7.64. The normalized spacial score (nSPS) is 11.7. The summed E-state index contributed by atoms with van der Waals surface area (Å²) >= 11 is 0. The van der Waals surface area contributed by atoms with Gasteiger partial charge < -0.3 is 15.7 Å². The fourth-order valence-corrected chi connectivity index (χ4v) is 2.15. The number of aryl methyl sites for hydroxylation is 1. The number of carbonyl (C=O) groups is 2. The van der Waals surface area contributed by atoms with Crippen LogP contribution in [0, 0.1) is 6.92 Å². The van der Waals surface area contributed by atoms with Crippen LogP contribution < -0.4 is 10.6 Å². The van der Waals surface area contributed by atoms with Gasteiger partial charge in [-0.2, -0.15) is 0 Å². The van der Waals surface area contributed by atoms with Gasteiger partial charge in [0.15, 0.2) is 0 Å². The van der Waals surface area contributed by atoms with Crippen molar-refractivity contribution in [3.05, 3.63) is 29.3 Å². The number of carboxylic acids is 1. The van der Waals surface area contributed by atoms with Gasteiger partial charge in [-0.25, -0.2) is 9.59 Å². The van der Waals surface area contributed by atoms with E-state index in [1.165, 1.54) is 6.07 Å². The smallest absolute Gasteiger partial charge is 0.337 e. The minimum Gasteiger partial charge on any atom is -0.478 e. The number of carboxylic acid groups (broad SMARTS) is 1.